The van der Waals surface area contributed by atoms with Gasteiger partial charge in [-0.25, -0.2) is 4.39 Å². The van der Waals surface area contributed by atoms with Gasteiger partial charge in [0.1, 0.15) is 17.3 Å². The van der Waals surface area contributed by atoms with Gasteiger partial charge >= 0.3 is 0 Å². The molecule has 0 bridgehead atoms. The van der Waals surface area contributed by atoms with Crippen LogP contribution >= 0.6 is 0 Å². The number of phenols is 2. The van der Waals surface area contributed by atoms with Crippen molar-refractivity contribution in [2.24, 2.45) is 5.16 Å². The fraction of sp³-hybridized carbons (Fsp3) is 0.0714. The van der Waals surface area contributed by atoms with Crippen LogP contribution in [0.1, 0.15) is 11.1 Å². The van der Waals surface area contributed by atoms with Crippen molar-refractivity contribution in [2.45, 2.75) is 6.42 Å². The van der Waals surface area contributed by atoms with Crippen LogP contribution in [0.5, 0.6) is 11.5 Å². The molecule has 0 fully saturated rings. The lowest BCUT2D eigenvalue weighted by Crippen LogP contribution is -2.07. The summed E-state index contributed by atoms with van der Waals surface area (Å²) in [5.41, 5.74) is 0.703. The van der Waals surface area contributed by atoms with Crippen molar-refractivity contribution in [1.82, 2.24) is 0 Å². The third-order valence-corrected chi connectivity index (χ3v) is 2.73. The minimum absolute atomic E-state index is 0.0293. The highest BCUT2D eigenvalue weighted by atomic mass is 19.1. The molecule has 2 aromatic rings. The molecule has 0 aliphatic rings. The number of halogens is 1. The van der Waals surface area contributed by atoms with Crippen LogP contribution in [0, 0.1) is 5.82 Å². The summed E-state index contributed by atoms with van der Waals surface area (Å²) in [6, 6.07) is 9.99. The Morgan fingerprint density at radius 1 is 1.11 bits per heavy atom. The number of nitrogens with zero attached hydrogens (tertiary/aromatic N) is 1. The highest BCUT2D eigenvalue weighted by molar-refractivity contribution is 6.03. The van der Waals surface area contributed by atoms with Crippen molar-refractivity contribution in [3.8, 4) is 11.5 Å². The third kappa shape index (κ3) is 2.82. The topological polar surface area (TPSA) is 73.1 Å². The summed E-state index contributed by atoms with van der Waals surface area (Å²) in [5, 5.41) is 31.0. The summed E-state index contributed by atoms with van der Waals surface area (Å²) in [6.07, 6.45) is 0.0293. The van der Waals surface area contributed by atoms with E-state index in [1.807, 2.05) is 0 Å². The normalized spacial score (nSPS) is 11.5. The maximum atomic E-state index is 13.5. The standard InChI is InChI=1S/C14H12FNO3/c15-12-4-2-1-3-9(12)7-13(16-19)11-6-5-10(17)8-14(11)18/h1-6,8,17-19H,7H2/b16-13-. The zero-order valence-corrected chi connectivity index (χ0v) is 9.92. The Labute approximate surface area is 109 Å². The van der Waals surface area contributed by atoms with Gasteiger partial charge in [-0.2, -0.15) is 0 Å². The van der Waals surface area contributed by atoms with Crippen LogP contribution in [0.3, 0.4) is 0 Å². The van der Waals surface area contributed by atoms with Gasteiger partial charge in [-0.15, -0.1) is 0 Å². The molecule has 2 aromatic carbocycles. The van der Waals surface area contributed by atoms with Crippen molar-refractivity contribution < 1.29 is 19.8 Å². The number of benzene rings is 2. The third-order valence-electron chi connectivity index (χ3n) is 2.73. The van der Waals surface area contributed by atoms with E-state index in [9.17, 15) is 14.6 Å². The van der Waals surface area contributed by atoms with Gasteiger partial charge in [0.2, 0.25) is 0 Å². The van der Waals surface area contributed by atoms with Gasteiger partial charge in [-0.05, 0) is 23.8 Å². The van der Waals surface area contributed by atoms with Gasteiger partial charge in [0.05, 0.1) is 5.71 Å². The van der Waals surface area contributed by atoms with Crippen LogP contribution in [0.15, 0.2) is 47.6 Å². The van der Waals surface area contributed by atoms with Gasteiger partial charge < -0.3 is 15.4 Å². The second-order valence-electron chi connectivity index (χ2n) is 4.02. The first-order valence-corrected chi connectivity index (χ1v) is 5.58. The van der Waals surface area contributed by atoms with E-state index in [1.54, 1.807) is 18.2 Å². The summed E-state index contributed by atoms with van der Waals surface area (Å²) in [5.74, 6) is -0.754. The molecular weight excluding hydrogens is 249 g/mol. The molecule has 0 unspecified atom stereocenters. The molecule has 19 heavy (non-hydrogen) atoms. The smallest absolute Gasteiger partial charge is 0.128 e. The van der Waals surface area contributed by atoms with Crippen LogP contribution in [0.25, 0.3) is 0 Å². The molecule has 0 spiro atoms. The molecule has 0 saturated carbocycles. The molecule has 0 aromatic heterocycles. The molecule has 0 amide bonds. The minimum atomic E-state index is -0.415. The molecular formula is C14H12FNO3. The molecule has 5 heteroatoms. The highest BCUT2D eigenvalue weighted by Gasteiger charge is 2.13. The van der Waals surface area contributed by atoms with E-state index < -0.39 is 5.82 Å². The summed E-state index contributed by atoms with van der Waals surface area (Å²) < 4.78 is 13.5. The van der Waals surface area contributed by atoms with Crippen molar-refractivity contribution >= 4 is 5.71 Å². The lowest BCUT2D eigenvalue weighted by atomic mass is 10.0. The van der Waals surface area contributed by atoms with E-state index in [4.69, 9.17) is 5.21 Å². The Morgan fingerprint density at radius 3 is 2.47 bits per heavy atom. The molecule has 98 valence electrons. The highest BCUT2D eigenvalue weighted by Crippen LogP contribution is 2.24. The van der Waals surface area contributed by atoms with Crippen molar-refractivity contribution in [2.75, 3.05) is 0 Å². The van der Waals surface area contributed by atoms with E-state index >= 15 is 0 Å². The maximum absolute atomic E-state index is 13.5. The predicted molar refractivity (Wildman–Crippen MR) is 68.2 cm³/mol. The number of hydrogen-bond acceptors (Lipinski definition) is 4. The van der Waals surface area contributed by atoms with Crippen molar-refractivity contribution in [1.29, 1.82) is 0 Å². The van der Waals surface area contributed by atoms with Crippen LogP contribution in [0.2, 0.25) is 0 Å². The first-order valence-electron chi connectivity index (χ1n) is 5.58. The van der Waals surface area contributed by atoms with Gasteiger partial charge in [0, 0.05) is 18.1 Å². The number of phenolic OH excluding ortho intramolecular Hbond substituents is 2. The average Bonchev–Trinajstić information content (AvgIpc) is 2.39. The van der Waals surface area contributed by atoms with Crippen LogP contribution in [0.4, 0.5) is 4.39 Å². The largest absolute Gasteiger partial charge is 0.508 e. The fourth-order valence-electron chi connectivity index (χ4n) is 1.77. The van der Waals surface area contributed by atoms with Gasteiger partial charge in [-0.3, -0.25) is 0 Å². The SMILES string of the molecule is O/N=C(/Cc1ccccc1F)c1ccc(O)cc1O. The predicted octanol–water partition coefficient (Wildman–Crippen LogP) is 2.66. The molecule has 4 nitrogen and oxygen atoms in total. The van der Waals surface area contributed by atoms with Gasteiger partial charge in [0.25, 0.3) is 0 Å². The van der Waals surface area contributed by atoms with E-state index in [-0.39, 0.29) is 29.2 Å². The summed E-state index contributed by atoms with van der Waals surface area (Å²) in [4.78, 5) is 0. The number of rotatable bonds is 3. The van der Waals surface area contributed by atoms with E-state index in [2.05, 4.69) is 5.16 Å². The fourth-order valence-corrected chi connectivity index (χ4v) is 1.77. The van der Waals surface area contributed by atoms with Gasteiger partial charge in [0.15, 0.2) is 0 Å². The minimum Gasteiger partial charge on any atom is -0.508 e. The van der Waals surface area contributed by atoms with Crippen molar-refractivity contribution in [3.05, 3.63) is 59.4 Å². The first-order chi connectivity index (χ1) is 9.11. The number of hydrogen-bond donors (Lipinski definition) is 3. The first kappa shape index (κ1) is 12.9. The average molecular weight is 261 g/mol. The van der Waals surface area contributed by atoms with Crippen LogP contribution in [-0.4, -0.2) is 21.1 Å². The molecule has 0 aliphatic heterocycles. The zero-order valence-electron chi connectivity index (χ0n) is 9.92. The second-order valence-corrected chi connectivity index (χ2v) is 4.02. The summed E-state index contributed by atoms with van der Waals surface area (Å²) in [6.45, 7) is 0. The Hall–Kier alpha value is -2.56. The monoisotopic (exact) mass is 261 g/mol. The van der Waals surface area contributed by atoms with Crippen LogP contribution in [-0.2, 0) is 6.42 Å². The molecule has 3 N–H and O–H groups in total. The maximum Gasteiger partial charge on any atom is 0.128 e. The quantitative estimate of drug-likeness (QED) is 0.452. The van der Waals surface area contributed by atoms with Gasteiger partial charge in [-0.1, -0.05) is 23.4 Å². The van der Waals surface area contributed by atoms with E-state index in [0.717, 1.165) is 6.07 Å². The summed E-state index contributed by atoms with van der Waals surface area (Å²) in [7, 11) is 0. The Balaban J connectivity index is 2.34. The number of aromatic hydroxyl groups is 2. The van der Waals surface area contributed by atoms with Crippen LogP contribution < -0.4 is 0 Å². The Bertz CT molecular complexity index is 626. The lowest BCUT2D eigenvalue weighted by molar-refractivity contribution is 0.318. The second kappa shape index (κ2) is 5.39. The molecule has 0 atom stereocenters. The number of oxime groups is 1. The summed E-state index contributed by atoms with van der Waals surface area (Å²) >= 11 is 0. The van der Waals surface area contributed by atoms with E-state index in [0.29, 0.717) is 5.56 Å². The molecule has 0 heterocycles. The van der Waals surface area contributed by atoms with E-state index in [1.165, 1.54) is 18.2 Å². The molecule has 0 aliphatic carbocycles. The molecule has 0 radical (unpaired) electrons. The Kier molecular flexibility index (Phi) is 3.66. The molecule has 0 saturated heterocycles. The zero-order chi connectivity index (χ0) is 13.8. The van der Waals surface area contributed by atoms with Crippen molar-refractivity contribution in [3.63, 3.8) is 0 Å². The Morgan fingerprint density at radius 2 is 1.84 bits per heavy atom. The molecule has 2 rings (SSSR count). The lowest BCUT2D eigenvalue weighted by Gasteiger charge is -2.08.